The van der Waals surface area contributed by atoms with Gasteiger partial charge in [-0.1, -0.05) is 6.92 Å². The van der Waals surface area contributed by atoms with E-state index in [-0.39, 0.29) is 17.3 Å². The molecule has 1 rings (SSSR count). The standard InChI is InChI=1S/C11H16FNO2S/c1-3-16(14,15)7-6-13-10-4-5-11(12)9(2)8-10/h4-5,8,13H,3,6-7H2,1-2H3. The summed E-state index contributed by atoms with van der Waals surface area (Å²) in [5, 5.41) is 2.96. The lowest BCUT2D eigenvalue weighted by Gasteiger charge is -2.07. The molecule has 0 saturated carbocycles. The number of halogens is 1. The molecule has 0 heterocycles. The van der Waals surface area contributed by atoms with E-state index >= 15 is 0 Å². The highest BCUT2D eigenvalue weighted by Crippen LogP contribution is 2.13. The summed E-state index contributed by atoms with van der Waals surface area (Å²) in [4.78, 5) is 0. The number of benzene rings is 1. The molecule has 5 heteroatoms. The van der Waals surface area contributed by atoms with E-state index in [9.17, 15) is 12.8 Å². The van der Waals surface area contributed by atoms with Crippen LogP contribution in [0, 0.1) is 12.7 Å². The summed E-state index contributed by atoms with van der Waals surface area (Å²) in [6.07, 6.45) is 0. The van der Waals surface area contributed by atoms with Crippen LogP contribution in [0.25, 0.3) is 0 Å². The Morgan fingerprint density at radius 1 is 1.38 bits per heavy atom. The van der Waals surface area contributed by atoms with E-state index in [0.29, 0.717) is 12.1 Å². The molecule has 0 radical (unpaired) electrons. The largest absolute Gasteiger partial charge is 0.384 e. The second kappa shape index (κ2) is 5.30. The smallest absolute Gasteiger partial charge is 0.151 e. The van der Waals surface area contributed by atoms with E-state index in [4.69, 9.17) is 0 Å². The van der Waals surface area contributed by atoms with Gasteiger partial charge in [0.05, 0.1) is 5.75 Å². The van der Waals surface area contributed by atoms with Gasteiger partial charge in [-0.2, -0.15) is 0 Å². The van der Waals surface area contributed by atoms with Gasteiger partial charge < -0.3 is 5.32 Å². The van der Waals surface area contributed by atoms with Crippen molar-refractivity contribution in [2.24, 2.45) is 0 Å². The molecule has 1 N–H and O–H groups in total. The molecule has 16 heavy (non-hydrogen) atoms. The molecule has 0 fully saturated rings. The molecule has 0 aliphatic rings. The van der Waals surface area contributed by atoms with Crippen molar-refractivity contribution in [3.8, 4) is 0 Å². The van der Waals surface area contributed by atoms with Gasteiger partial charge in [0.15, 0.2) is 9.84 Å². The van der Waals surface area contributed by atoms with E-state index in [1.807, 2.05) is 0 Å². The number of rotatable bonds is 5. The van der Waals surface area contributed by atoms with Crippen molar-refractivity contribution in [3.63, 3.8) is 0 Å². The fourth-order valence-electron chi connectivity index (χ4n) is 1.25. The summed E-state index contributed by atoms with van der Waals surface area (Å²) in [6, 6.07) is 4.63. The lowest BCUT2D eigenvalue weighted by Crippen LogP contribution is -2.17. The van der Waals surface area contributed by atoms with Crippen LogP contribution in [0.3, 0.4) is 0 Å². The maximum atomic E-state index is 12.9. The molecule has 0 atom stereocenters. The van der Waals surface area contributed by atoms with Crippen LogP contribution in [0.4, 0.5) is 10.1 Å². The molecule has 1 aromatic rings. The van der Waals surface area contributed by atoms with Crippen LogP contribution in [-0.4, -0.2) is 26.5 Å². The quantitative estimate of drug-likeness (QED) is 0.862. The topological polar surface area (TPSA) is 46.2 Å². The maximum absolute atomic E-state index is 12.9. The Balaban J connectivity index is 2.53. The third kappa shape index (κ3) is 3.81. The Kier molecular flexibility index (Phi) is 4.29. The maximum Gasteiger partial charge on any atom is 0.151 e. The fourth-order valence-corrected chi connectivity index (χ4v) is 1.95. The van der Waals surface area contributed by atoms with Gasteiger partial charge >= 0.3 is 0 Å². The van der Waals surface area contributed by atoms with Crippen LogP contribution in [0.2, 0.25) is 0 Å². The first-order valence-electron chi connectivity index (χ1n) is 5.15. The number of aryl methyl sites for hydroxylation is 1. The van der Waals surface area contributed by atoms with Crippen LogP contribution in [0.5, 0.6) is 0 Å². The van der Waals surface area contributed by atoms with Crippen molar-refractivity contribution in [2.75, 3.05) is 23.4 Å². The molecule has 0 aromatic heterocycles. The molecule has 1 aromatic carbocycles. The second-order valence-corrected chi connectivity index (χ2v) is 6.10. The van der Waals surface area contributed by atoms with Crippen molar-refractivity contribution in [1.29, 1.82) is 0 Å². The number of nitrogens with one attached hydrogen (secondary N) is 1. The first-order valence-corrected chi connectivity index (χ1v) is 6.97. The number of hydrogen-bond donors (Lipinski definition) is 1. The first-order chi connectivity index (χ1) is 7.44. The summed E-state index contributed by atoms with van der Waals surface area (Å²) in [7, 11) is -2.94. The minimum atomic E-state index is -2.94. The van der Waals surface area contributed by atoms with Crippen molar-refractivity contribution in [3.05, 3.63) is 29.6 Å². The van der Waals surface area contributed by atoms with Crippen LogP contribution in [0.15, 0.2) is 18.2 Å². The predicted octanol–water partition coefficient (Wildman–Crippen LogP) is 1.98. The average Bonchev–Trinajstić information content (AvgIpc) is 2.23. The summed E-state index contributed by atoms with van der Waals surface area (Å²) >= 11 is 0. The molecule has 0 saturated heterocycles. The van der Waals surface area contributed by atoms with E-state index in [1.54, 1.807) is 26.0 Å². The summed E-state index contributed by atoms with van der Waals surface area (Å²) in [5.41, 5.74) is 1.29. The van der Waals surface area contributed by atoms with Crippen LogP contribution in [-0.2, 0) is 9.84 Å². The van der Waals surface area contributed by atoms with E-state index in [0.717, 1.165) is 5.69 Å². The molecule has 0 unspecified atom stereocenters. The van der Waals surface area contributed by atoms with Gasteiger partial charge in [-0.3, -0.25) is 0 Å². The number of anilines is 1. The molecule has 0 amide bonds. The molecular weight excluding hydrogens is 229 g/mol. The summed E-state index contributed by atoms with van der Waals surface area (Å²) in [6.45, 7) is 3.64. The Morgan fingerprint density at radius 3 is 2.62 bits per heavy atom. The highest BCUT2D eigenvalue weighted by Gasteiger charge is 2.06. The average molecular weight is 245 g/mol. The van der Waals surface area contributed by atoms with Gasteiger partial charge in [0.25, 0.3) is 0 Å². The van der Waals surface area contributed by atoms with Crippen molar-refractivity contribution in [1.82, 2.24) is 0 Å². The zero-order chi connectivity index (χ0) is 12.2. The minimum absolute atomic E-state index is 0.0971. The second-order valence-electron chi connectivity index (χ2n) is 3.63. The van der Waals surface area contributed by atoms with Gasteiger partial charge in [0, 0.05) is 18.0 Å². The van der Waals surface area contributed by atoms with Crippen LogP contribution in [0.1, 0.15) is 12.5 Å². The molecular formula is C11H16FNO2S. The normalized spacial score (nSPS) is 11.4. The minimum Gasteiger partial charge on any atom is -0.384 e. The molecule has 90 valence electrons. The SMILES string of the molecule is CCS(=O)(=O)CCNc1ccc(F)c(C)c1. The van der Waals surface area contributed by atoms with Gasteiger partial charge in [-0.15, -0.1) is 0 Å². The number of sulfone groups is 1. The Morgan fingerprint density at radius 2 is 2.06 bits per heavy atom. The number of hydrogen-bond acceptors (Lipinski definition) is 3. The predicted molar refractivity (Wildman–Crippen MR) is 64.0 cm³/mol. The first kappa shape index (κ1) is 13.0. The van der Waals surface area contributed by atoms with E-state index in [1.165, 1.54) is 6.07 Å². The van der Waals surface area contributed by atoms with Gasteiger partial charge in [0.1, 0.15) is 5.82 Å². The highest BCUT2D eigenvalue weighted by molar-refractivity contribution is 7.91. The van der Waals surface area contributed by atoms with Crippen LogP contribution < -0.4 is 5.32 Å². The monoisotopic (exact) mass is 245 g/mol. The fraction of sp³-hybridized carbons (Fsp3) is 0.455. The Hall–Kier alpha value is -1.10. The van der Waals surface area contributed by atoms with Crippen molar-refractivity contribution in [2.45, 2.75) is 13.8 Å². The summed E-state index contributed by atoms with van der Waals surface area (Å²) in [5.74, 6) is -0.0106. The van der Waals surface area contributed by atoms with Crippen LogP contribution >= 0.6 is 0 Å². The lowest BCUT2D eigenvalue weighted by atomic mass is 10.2. The van der Waals surface area contributed by atoms with Gasteiger partial charge in [-0.25, -0.2) is 12.8 Å². The third-order valence-corrected chi connectivity index (χ3v) is 4.05. The van der Waals surface area contributed by atoms with Gasteiger partial charge in [0.2, 0.25) is 0 Å². The molecule has 0 aliphatic heterocycles. The molecule has 0 aliphatic carbocycles. The molecule has 0 bridgehead atoms. The molecule has 0 spiro atoms. The lowest BCUT2D eigenvalue weighted by molar-refractivity contribution is 0.597. The molecule has 3 nitrogen and oxygen atoms in total. The highest BCUT2D eigenvalue weighted by atomic mass is 32.2. The van der Waals surface area contributed by atoms with E-state index < -0.39 is 9.84 Å². The third-order valence-electron chi connectivity index (χ3n) is 2.34. The van der Waals surface area contributed by atoms with Crippen molar-refractivity contribution >= 4 is 15.5 Å². The van der Waals surface area contributed by atoms with Crippen molar-refractivity contribution < 1.29 is 12.8 Å². The Labute approximate surface area is 95.6 Å². The zero-order valence-corrected chi connectivity index (χ0v) is 10.3. The zero-order valence-electron chi connectivity index (χ0n) is 9.46. The van der Waals surface area contributed by atoms with E-state index in [2.05, 4.69) is 5.32 Å². The van der Waals surface area contributed by atoms with Gasteiger partial charge in [-0.05, 0) is 30.7 Å². The summed E-state index contributed by atoms with van der Waals surface area (Å²) < 4.78 is 35.4. The Bertz CT molecular complexity index is 457.